The molecule has 2 aromatic rings. The van der Waals surface area contributed by atoms with Gasteiger partial charge in [0.2, 0.25) is 10.0 Å². The summed E-state index contributed by atoms with van der Waals surface area (Å²) in [4.78, 5) is 4.26. The van der Waals surface area contributed by atoms with Gasteiger partial charge in [-0.2, -0.15) is 5.10 Å². The summed E-state index contributed by atoms with van der Waals surface area (Å²) in [5, 5.41) is 4.30. The molecule has 0 atom stereocenters. The van der Waals surface area contributed by atoms with Gasteiger partial charge < -0.3 is 0 Å². The van der Waals surface area contributed by atoms with E-state index in [9.17, 15) is 8.42 Å². The van der Waals surface area contributed by atoms with E-state index < -0.39 is 10.0 Å². The SMILES string of the molecule is CCCS(=O)(=O)NCc1cc(-c2ccccn2)n(C)n1. The molecule has 0 aliphatic carbocycles. The molecule has 6 nitrogen and oxygen atoms in total. The fourth-order valence-electron chi connectivity index (χ4n) is 1.89. The zero-order chi connectivity index (χ0) is 14.6. The Morgan fingerprint density at radius 2 is 2.15 bits per heavy atom. The van der Waals surface area contributed by atoms with Crippen LogP contribution in [0.4, 0.5) is 0 Å². The Kier molecular flexibility index (Phi) is 4.51. The summed E-state index contributed by atoms with van der Waals surface area (Å²) in [6.07, 6.45) is 2.31. The molecule has 0 amide bonds. The second-order valence-electron chi connectivity index (χ2n) is 4.50. The summed E-state index contributed by atoms with van der Waals surface area (Å²) in [5.74, 6) is 0.132. The van der Waals surface area contributed by atoms with Crippen molar-refractivity contribution in [3.63, 3.8) is 0 Å². The highest BCUT2D eigenvalue weighted by Crippen LogP contribution is 2.16. The summed E-state index contributed by atoms with van der Waals surface area (Å²) in [5.41, 5.74) is 2.34. The molecule has 0 aliphatic heterocycles. The molecule has 20 heavy (non-hydrogen) atoms. The summed E-state index contributed by atoms with van der Waals surface area (Å²) in [6.45, 7) is 2.03. The van der Waals surface area contributed by atoms with Gasteiger partial charge in [-0.05, 0) is 24.6 Å². The van der Waals surface area contributed by atoms with Crippen LogP contribution < -0.4 is 4.72 Å². The minimum Gasteiger partial charge on any atom is -0.266 e. The first kappa shape index (κ1) is 14.7. The molecule has 0 fully saturated rings. The minimum absolute atomic E-state index is 0.132. The Balaban J connectivity index is 2.13. The van der Waals surface area contributed by atoms with E-state index in [0.29, 0.717) is 12.1 Å². The normalized spacial score (nSPS) is 11.7. The smallest absolute Gasteiger partial charge is 0.211 e. The summed E-state index contributed by atoms with van der Waals surface area (Å²) < 4.78 is 27.5. The Labute approximate surface area is 118 Å². The molecular weight excluding hydrogens is 276 g/mol. The van der Waals surface area contributed by atoms with Crippen molar-refractivity contribution in [3.8, 4) is 11.4 Å². The molecule has 0 unspecified atom stereocenters. The van der Waals surface area contributed by atoms with Crippen molar-refractivity contribution >= 4 is 10.0 Å². The predicted molar refractivity (Wildman–Crippen MR) is 77.4 cm³/mol. The third-order valence-electron chi connectivity index (χ3n) is 2.80. The van der Waals surface area contributed by atoms with Crippen LogP contribution in [0.2, 0.25) is 0 Å². The maximum Gasteiger partial charge on any atom is 0.211 e. The van der Waals surface area contributed by atoms with Crippen LogP contribution in [0.3, 0.4) is 0 Å². The number of sulfonamides is 1. The second kappa shape index (κ2) is 6.15. The maximum atomic E-state index is 11.6. The van der Waals surface area contributed by atoms with Crippen molar-refractivity contribution in [2.24, 2.45) is 7.05 Å². The van der Waals surface area contributed by atoms with Gasteiger partial charge in [0.1, 0.15) is 0 Å². The average molecular weight is 294 g/mol. The van der Waals surface area contributed by atoms with Gasteiger partial charge in [0.15, 0.2) is 0 Å². The van der Waals surface area contributed by atoms with Gasteiger partial charge in [-0.3, -0.25) is 9.67 Å². The second-order valence-corrected chi connectivity index (χ2v) is 6.43. The number of pyridine rings is 1. The van der Waals surface area contributed by atoms with Crippen LogP contribution in [0.5, 0.6) is 0 Å². The molecule has 108 valence electrons. The largest absolute Gasteiger partial charge is 0.266 e. The Morgan fingerprint density at radius 3 is 2.80 bits per heavy atom. The lowest BCUT2D eigenvalue weighted by Gasteiger charge is -2.02. The standard InChI is InChI=1S/C13H18N4O2S/c1-3-8-20(18,19)15-10-11-9-13(17(2)16-11)12-6-4-5-7-14-12/h4-7,9,15H,3,8,10H2,1-2H3. The van der Waals surface area contributed by atoms with E-state index in [0.717, 1.165) is 11.4 Å². The van der Waals surface area contributed by atoms with E-state index >= 15 is 0 Å². The number of hydrogen-bond donors (Lipinski definition) is 1. The first-order valence-electron chi connectivity index (χ1n) is 6.43. The van der Waals surface area contributed by atoms with Crippen LogP contribution in [0.25, 0.3) is 11.4 Å². The highest BCUT2D eigenvalue weighted by atomic mass is 32.2. The molecular formula is C13H18N4O2S. The summed E-state index contributed by atoms with van der Waals surface area (Å²) in [7, 11) is -1.40. The number of rotatable bonds is 6. The first-order valence-corrected chi connectivity index (χ1v) is 8.08. The van der Waals surface area contributed by atoms with Crippen molar-refractivity contribution in [1.29, 1.82) is 0 Å². The fraction of sp³-hybridized carbons (Fsp3) is 0.385. The van der Waals surface area contributed by atoms with Gasteiger partial charge >= 0.3 is 0 Å². The Bertz CT molecular complexity index is 665. The van der Waals surface area contributed by atoms with Crippen LogP contribution in [0, 0.1) is 0 Å². The Morgan fingerprint density at radius 1 is 1.35 bits per heavy atom. The zero-order valence-corrected chi connectivity index (χ0v) is 12.4. The maximum absolute atomic E-state index is 11.6. The van der Waals surface area contributed by atoms with Gasteiger partial charge in [0.05, 0.1) is 29.4 Å². The highest BCUT2D eigenvalue weighted by molar-refractivity contribution is 7.89. The van der Waals surface area contributed by atoms with E-state index in [1.807, 2.05) is 38.2 Å². The van der Waals surface area contributed by atoms with E-state index in [1.165, 1.54) is 0 Å². The van der Waals surface area contributed by atoms with Gasteiger partial charge in [-0.15, -0.1) is 0 Å². The number of hydrogen-bond acceptors (Lipinski definition) is 4. The van der Waals surface area contributed by atoms with E-state index in [4.69, 9.17) is 0 Å². The van der Waals surface area contributed by atoms with Gasteiger partial charge in [0, 0.05) is 13.2 Å². The summed E-state index contributed by atoms with van der Waals surface area (Å²) >= 11 is 0. The number of nitrogens with one attached hydrogen (secondary N) is 1. The molecule has 7 heteroatoms. The van der Waals surface area contributed by atoms with Crippen LogP contribution in [-0.2, 0) is 23.6 Å². The van der Waals surface area contributed by atoms with E-state index in [2.05, 4.69) is 14.8 Å². The van der Waals surface area contributed by atoms with Gasteiger partial charge in [0.25, 0.3) is 0 Å². The quantitative estimate of drug-likeness (QED) is 0.871. The van der Waals surface area contributed by atoms with Gasteiger partial charge in [-0.25, -0.2) is 13.1 Å². The van der Waals surface area contributed by atoms with Gasteiger partial charge in [-0.1, -0.05) is 13.0 Å². The van der Waals surface area contributed by atoms with Crippen LogP contribution >= 0.6 is 0 Å². The van der Waals surface area contributed by atoms with Crippen LogP contribution in [0.15, 0.2) is 30.5 Å². The first-order chi connectivity index (χ1) is 9.52. The molecule has 0 aliphatic rings. The zero-order valence-electron chi connectivity index (χ0n) is 11.6. The highest BCUT2D eigenvalue weighted by Gasteiger charge is 2.12. The number of aryl methyl sites for hydroxylation is 1. The lowest BCUT2D eigenvalue weighted by atomic mass is 10.2. The van der Waals surface area contributed by atoms with Crippen molar-refractivity contribution in [2.75, 3.05) is 5.75 Å². The van der Waals surface area contributed by atoms with E-state index in [-0.39, 0.29) is 12.3 Å². The molecule has 2 rings (SSSR count). The molecule has 0 aromatic carbocycles. The monoisotopic (exact) mass is 294 g/mol. The molecule has 2 aromatic heterocycles. The molecule has 0 saturated heterocycles. The minimum atomic E-state index is -3.21. The number of aromatic nitrogens is 3. The van der Waals surface area contributed by atoms with Crippen molar-refractivity contribution in [1.82, 2.24) is 19.5 Å². The lowest BCUT2D eigenvalue weighted by molar-refractivity contribution is 0.578. The average Bonchev–Trinajstić information content (AvgIpc) is 2.79. The van der Waals surface area contributed by atoms with Crippen molar-refractivity contribution in [2.45, 2.75) is 19.9 Å². The Hall–Kier alpha value is -1.73. The van der Waals surface area contributed by atoms with E-state index in [1.54, 1.807) is 10.9 Å². The molecule has 1 N–H and O–H groups in total. The molecule has 0 radical (unpaired) electrons. The number of nitrogens with zero attached hydrogens (tertiary/aromatic N) is 3. The lowest BCUT2D eigenvalue weighted by Crippen LogP contribution is -2.25. The van der Waals surface area contributed by atoms with Crippen molar-refractivity contribution < 1.29 is 8.42 Å². The third-order valence-corrected chi connectivity index (χ3v) is 4.33. The third kappa shape index (κ3) is 3.64. The van der Waals surface area contributed by atoms with Crippen LogP contribution in [-0.4, -0.2) is 28.9 Å². The molecule has 0 saturated carbocycles. The fourth-order valence-corrected chi connectivity index (χ4v) is 2.94. The molecule has 2 heterocycles. The molecule has 0 bridgehead atoms. The van der Waals surface area contributed by atoms with Crippen LogP contribution in [0.1, 0.15) is 19.0 Å². The summed E-state index contributed by atoms with van der Waals surface area (Å²) in [6, 6.07) is 7.48. The predicted octanol–water partition coefficient (Wildman–Crippen LogP) is 1.31. The van der Waals surface area contributed by atoms with Crippen molar-refractivity contribution in [3.05, 3.63) is 36.2 Å². The topological polar surface area (TPSA) is 76.9 Å². The molecule has 0 spiro atoms.